The molecule has 1 aromatic heterocycles. The minimum absolute atomic E-state index is 0.0242. The van der Waals surface area contributed by atoms with E-state index in [1.807, 2.05) is 0 Å². The Balaban J connectivity index is 1.72. The molecule has 2 N–H and O–H groups in total. The molecule has 12 heteroatoms. The molecule has 0 bridgehead atoms. The monoisotopic (exact) mass is 533 g/mol. The van der Waals surface area contributed by atoms with Crippen LogP contribution in [0, 0.1) is 21.7 Å². The van der Waals surface area contributed by atoms with E-state index in [4.69, 9.17) is 4.74 Å². The van der Waals surface area contributed by atoms with Crippen LogP contribution in [0.2, 0.25) is 0 Å². The van der Waals surface area contributed by atoms with E-state index in [0.29, 0.717) is 28.8 Å². The van der Waals surface area contributed by atoms with Crippen LogP contribution in [0.25, 0.3) is 10.4 Å². The van der Waals surface area contributed by atoms with Crippen LogP contribution < -0.4 is 5.32 Å². The highest BCUT2D eigenvalue weighted by molar-refractivity contribution is 7.20. The van der Waals surface area contributed by atoms with E-state index in [-0.39, 0.29) is 41.4 Å². The van der Waals surface area contributed by atoms with Gasteiger partial charge in [-0.1, -0.05) is 6.07 Å². The van der Waals surface area contributed by atoms with E-state index in [2.05, 4.69) is 5.32 Å². The number of ether oxygens (including phenoxy) is 1. The van der Waals surface area contributed by atoms with Crippen LogP contribution in [-0.2, 0) is 17.7 Å². The van der Waals surface area contributed by atoms with Crippen molar-refractivity contribution in [3.63, 3.8) is 0 Å². The number of hydrogen-bond donors (Lipinski definition) is 2. The van der Waals surface area contributed by atoms with E-state index in [9.17, 15) is 33.6 Å². The zero-order valence-electron chi connectivity index (χ0n) is 20.1. The van der Waals surface area contributed by atoms with Gasteiger partial charge in [-0.15, -0.1) is 11.3 Å². The van der Waals surface area contributed by atoms with E-state index < -0.39 is 28.6 Å². The smallest absolute Gasteiger partial charge is 0.412 e. The number of carbonyl (C=O) groups is 2. The number of non-ortho nitro benzene ring substituents is 1. The lowest BCUT2D eigenvalue weighted by molar-refractivity contribution is -0.384. The number of aromatic carboxylic acids is 1. The highest BCUT2D eigenvalue weighted by Gasteiger charge is 2.26. The highest BCUT2D eigenvalue weighted by atomic mass is 32.1. The molecule has 3 aromatic rings. The fraction of sp³-hybridized carbons (Fsp3) is 0.280. The average Bonchev–Trinajstić information content (AvgIpc) is 3.17. The predicted molar refractivity (Wildman–Crippen MR) is 135 cm³/mol. The van der Waals surface area contributed by atoms with Crippen LogP contribution in [0.3, 0.4) is 0 Å². The second-order valence-corrected chi connectivity index (χ2v) is 9.40. The molecule has 0 atom stereocenters. The first kappa shape index (κ1) is 27.7. The first-order chi connectivity index (χ1) is 17.6. The second kappa shape index (κ2) is 12.4. The third-order valence-electron chi connectivity index (χ3n) is 5.37. The molecule has 9 nitrogen and oxygen atoms in total. The van der Waals surface area contributed by atoms with Gasteiger partial charge < -0.3 is 14.7 Å². The number of amides is 1. The first-order valence-electron chi connectivity index (χ1n) is 11.2. The molecule has 0 fully saturated rings. The molecule has 37 heavy (non-hydrogen) atoms. The van der Waals surface area contributed by atoms with Gasteiger partial charge in [-0.25, -0.2) is 18.4 Å². The number of halogens is 2. The molecule has 0 spiro atoms. The van der Waals surface area contributed by atoms with Gasteiger partial charge in [0.2, 0.25) is 0 Å². The summed E-state index contributed by atoms with van der Waals surface area (Å²) in [6.07, 6.45) is -0.00379. The van der Waals surface area contributed by atoms with Gasteiger partial charge in [-0.3, -0.25) is 15.4 Å². The molecule has 0 unspecified atom stereocenters. The number of nitro groups is 1. The van der Waals surface area contributed by atoms with Crippen molar-refractivity contribution in [3.05, 3.63) is 80.9 Å². The van der Waals surface area contributed by atoms with Gasteiger partial charge in [0.1, 0.15) is 16.6 Å². The largest absolute Gasteiger partial charge is 0.478 e. The van der Waals surface area contributed by atoms with Crippen molar-refractivity contribution < 1.29 is 33.1 Å². The summed E-state index contributed by atoms with van der Waals surface area (Å²) >= 11 is 1.02. The molecule has 1 amide bonds. The maximum absolute atomic E-state index is 13.7. The molecule has 2 aromatic carbocycles. The summed E-state index contributed by atoms with van der Waals surface area (Å²) in [5.74, 6) is -2.51. The molecule has 0 aliphatic rings. The molecule has 3 rings (SSSR count). The van der Waals surface area contributed by atoms with Gasteiger partial charge in [0, 0.05) is 34.7 Å². The lowest BCUT2D eigenvalue weighted by Gasteiger charge is -2.12. The maximum atomic E-state index is 13.7. The number of nitro benzene ring substituents is 1. The number of nitrogens with zero attached hydrogens (tertiary/aromatic N) is 2. The van der Waals surface area contributed by atoms with Crippen molar-refractivity contribution >= 4 is 34.1 Å². The second-order valence-electron chi connectivity index (χ2n) is 8.38. The lowest BCUT2D eigenvalue weighted by Crippen LogP contribution is -2.17. The van der Waals surface area contributed by atoms with Crippen molar-refractivity contribution in [2.45, 2.75) is 25.8 Å². The number of carboxylic acid groups (broad SMARTS) is 1. The first-order valence-corrected chi connectivity index (χ1v) is 12.0. The fourth-order valence-corrected chi connectivity index (χ4v) is 4.88. The van der Waals surface area contributed by atoms with Crippen LogP contribution in [0.5, 0.6) is 0 Å². The third-order valence-corrected chi connectivity index (χ3v) is 6.56. The predicted octanol–water partition coefficient (Wildman–Crippen LogP) is 5.93. The molecular weight excluding hydrogens is 508 g/mol. The maximum Gasteiger partial charge on any atom is 0.412 e. The number of anilines is 1. The van der Waals surface area contributed by atoms with E-state index in [1.165, 1.54) is 42.5 Å². The summed E-state index contributed by atoms with van der Waals surface area (Å²) in [6.45, 7) is 0.212. The van der Waals surface area contributed by atoms with Gasteiger partial charge in [-0.05, 0) is 63.2 Å². The number of benzene rings is 2. The van der Waals surface area contributed by atoms with Crippen molar-refractivity contribution in [1.29, 1.82) is 0 Å². The summed E-state index contributed by atoms with van der Waals surface area (Å²) in [6, 6.07) is 9.34. The summed E-state index contributed by atoms with van der Waals surface area (Å²) in [5.41, 5.74) is 0.783. The Morgan fingerprint density at radius 3 is 2.30 bits per heavy atom. The van der Waals surface area contributed by atoms with Gasteiger partial charge in [-0.2, -0.15) is 0 Å². The summed E-state index contributed by atoms with van der Waals surface area (Å²) in [5, 5.41) is 23.4. The summed E-state index contributed by atoms with van der Waals surface area (Å²) < 4.78 is 32.6. The minimum atomic E-state index is -1.25. The summed E-state index contributed by atoms with van der Waals surface area (Å²) in [4.78, 5) is 37.3. The van der Waals surface area contributed by atoms with Crippen LogP contribution >= 0.6 is 11.3 Å². The molecule has 0 saturated heterocycles. The van der Waals surface area contributed by atoms with Gasteiger partial charge in [0.25, 0.3) is 5.69 Å². The Hall–Kier alpha value is -3.90. The van der Waals surface area contributed by atoms with Crippen LogP contribution in [-0.4, -0.2) is 47.7 Å². The number of thiophene rings is 1. The normalized spacial score (nSPS) is 10.9. The van der Waals surface area contributed by atoms with Crippen LogP contribution in [0.4, 0.5) is 24.3 Å². The topological polar surface area (TPSA) is 122 Å². The van der Waals surface area contributed by atoms with E-state index >= 15 is 0 Å². The van der Waals surface area contributed by atoms with Gasteiger partial charge >= 0.3 is 12.1 Å². The number of rotatable bonds is 11. The Labute approximate surface area is 215 Å². The molecule has 1 heterocycles. The van der Waals surface area contributed by atoms with Crippen molar-refractivity contribution in [2.24, 2.45) is 0 Å². The number of carbonyl (C=O) groups excluding carboxylic acids is 1. The zero-order valence-corrected chi connectivity index (χ0v) is 20.9. The van der Waals surface area contributed by atoms with Crippen molar-refractivity contribution in [3.8, 4) is 10.4 Å². The van der Waals surface area contributed by atoms with Crippen molar-refractivity contribution in [1.82, 2.24) is 4.90 Å². The lowest BCUT2D eigenvalue weighted by atomic mass is 10.0. The molecular formula is C25H25F2N3O6S. The number of unbranched alkanes of at least 4 members (excludes halogenated alkanes) is 1. The molecule has 0 radical (unpaired) electrons. The Kier molecular flexibility index (Phi) is 9.25. The number of hydrogen-bond acceptors (Lipinski definition) is 7. The average molecular weight is 534 g/mol. The zero-order chi connectivity index (χ0) is 27.1. The van der Waals surface area contributed by atoms with Gasteiger partial charge in [0.15, 0.2) is 0 Å². The molecule has 0 aliphatic heterocycles. The number of nitrogens with one attached hydrogen (secondary N) is 1. The van der Waals surface area contributed by atoms with E-state index in [0.717, 1.165) is 11.3 Å². The Morgan fingerprint density at radius 2 is 1.73 bits per heavy atom. The quantitative estimate of drug-likeness (QED) is 0.178. The molecule has 0 aliphatic carbocycles. The summed E-state index contributed by atoms with van der Waals surface area (Å²) in [7, 11) is 3.52. The van der Waals surface area contributed by atoms with Crippen LogP contribution in [0.1, 0.15) is 34.3 Å². The number of carboxylic acids is 1. The van der Waals surface area contributed by atoms with Crippen molar-refractivity contribution in [2.75, 3.05) is 26.0 Å². The Bertz CT molecular complexity index is 1270. The van der Waals surface area contributed by atoms with Crippen LogP contribution in [0.15, 0.2) is 42.5 Å². The SMILES string of the molecule is CN(C)Cc1c(-c2ccc([N+](=O)[O-])cc2)sc(NC(=O)OCCCCc2c(F)cccc2F)c1C(=O)O. The standard InChI is InChI=1S/C25H25F2N3O6S/c1-29(2)14-18-21(24(31)32)23(37-22(18)15-9-11-16(12-10-15)30(34)35)28-25(33)36-13-4-3-6-17-19(26)7-5-8-20(17)27/h5,7-12H,3-4,6,13-14H2,1-2H3,(H,28,33)(H,31,32). The molecule has 196 valence electrons. The molecule has 0 saturated carbocycles. The van der Waals surface area contributed by atoms with E-state index in [1.54, 1.807) is 19.0 Å². The van der Waals surface area contributed by atoms with Gasteiger partial charge in [0.05, 0.1) is 17.1 Å². The minimum Gasteiger partial charge on any atom is -0.478 e. The fourth-order valence-electron chi connectivity index (χ4n) is 3.68. The highest BCUT2D eigenvalue weighted by Crippen LogP contribution is 2.41. The Morgan fingerprint density at radius 1 is 1.08 bits per heavy atom. The third kappa shape index (κ3) is 7.08.